The number of aromatic nitrogens is 1. The maximum Gasteiger partial charge on any atom is 0.0387 e. The fourth-order valence-electron chi connectivity index (χ4n) is 2.74. The molecule has 0 spiro atoms. The second-order valence-electron chi connectivity index (χ2n) is 5.85. The molecule has 0 saturated carbocycles. The second kappa shape index (κ2) is 6.63. The summed E-state index contributed by atoms with van der Waals surface area (Å²) in [5.74, 6) is 0. The molecule has 3 rings (SSSR count). The fourth-order valence-corrected chi connectivity index (χ4v) is 2.74. The van der Waals surface area contributed by atoms with Crippen molar-refractivity contribution in [3.8, 4) is 11.1 Å². The topological polar surface area (TPSA) is 8.17 Å². The maximum atomic E-state index is 2.34. The average Bonchev–Trinajstić information content (AvgIpc) is 2.94. The van der Waals surface area contributed by atoms with E-state index in [1.807, 2.05) is 0 Å². The Morgan fingerprint density at radius 1 is 0.773 bits per heavy atom. The van der Waals surface area contributed by atoms with E-state index in [-0.39, 0.29) is 0 Å². The van der Waals surface area contributed by atoms with Gasteiger partial charge in [-0.05, 0) is 35.9 Å². The van der Waals surface area contributed by atoms with Crippen LogP contribution in [0.4, 0.5) is 0 Å². The molecule has 2 heteroatoms. The van der Waals surface area contributed by atoms with Crippen LogP contribution in [0, 0.1) is 0 Å². The Kier molecular flexibility index (Phi) is 4.40. The highest BCUT2D eigenvalue weighted by Crippen LogP contribution is 2.19. The minimum Gasteiger partial charge on any atom is -0.353 e. The van der Waals surface area contributed by atoms with E-state index in [0.717, 1.165) is 13.1 Å². The Hall–Kier alpha value is -2.32. The van der Waals surface area contributed by atoms with Crippen molar-refractivity contribution in [2.24, 2.45) is 7.05 Å². The van der Waals surface area contributed by atoms with Crippen molar-refractivity contribution >= 4 is 0 Å². The third-order valence-corrected chi connectivity index (χ3v) is 4.00. The molecule has 0 N–H and O–H groups in total. The van der Waals surface area contributed by atoms with Crippen LogP contribution in [0.5, 0.6) is 0 Å². The van der Waals surface area contributed by atoms with Gasteiger partial charge in [0.25, 0.3) is 0 Å². The van der Waals surface area contributed by atoms with Crippen LogP contribution in [-0.2, 0) is 20.1 Å². The largest absolute Gasteiger partial charge is 0.353 e. The van der Waals surface area contributed by atoms with Crippen molar-refractivity contribution in [1.29, 1.82) is 0 Å². The SMILES string of the molecule is CN(Cc1ccc(-c2ccccc2)cc1)Cc1cccn1C. The van der Waals surface area contributed by atoms with Gasteiger partial charge in [-0.3, -0.25) is 4.90 Å². The van der Waals surface area contributed by atoms with Crippen LogP contribution in [0.25, 0.3) is 11.1 Å². The molecule has 2 nitrogen and oxygen atoms in total. The number of benzene rings is 2. The third-order valence-electron chi connectivity index (χ3n) is 4.00. The predicted octanol–water partition coefficient (Wildman–Crippen LogP) is 4.32. The lowest BCUT2D eigenvalue weighted by Crippen LogP contribution is -2.18. The van der Waals surface area contributed by atoms with E-state index in [0.29, 0.717) is 0 Å². The monoisotopic (exact) mass is 290 g/mol. The van der Waals surface area contributed by atoms with Crippen LogP contribution in [-0.4, -0.2) is 16.5 Å². The first kappa shape index (κ1) is 14.6. The zero-order valence-electron chi connectivity index (χ0n) is 13.2. The molecular formula is C20H22N2. The molecule has 0 bridgehead atoms. The highest BCUT2D eigenvalue weighted by Gasteiger charge is 2.04. The Bertz CT molecular complexity index is 711. The van der Waals surface area contributed by atoms with Crippen molar-refractivity contribution in [2.75, 3.05) is 7.05 Å². The minimum atomic E-state index is 0.959. The van der Waals surface area contributed by atoms with Crippen molar-refractivity contribution in [3.63, 3.8) is 0 Å². The lowest BCUT2D eigenvalue weighted by atomic mass is 10.0. The number of hydrogen-bond acceptors (Lipinski definition) is 1. The molecule has 22 heavy (non-hydrogen) atoms. The first-order chi connectivity index (χ1) is 10.7. The van der Waals surface area contributed by atoms with Crippen molar-refractivity contribution < 1.29 is 0 Å². The number of rotatable bonds is 5. The Morgan fingerprint density at radius 2 is 1.45 bits per heavy atom. The van der Waals surface area contributed by atoms with Crippen LogP contribution in [0.1, 0.15) is 11.3 Å². The molecule has 1 heterocycles. The maximum absolute atomic E-state index is 2.34. The normalized spacial score (nSPS) is 11.0. The Labute approximate surface area is 132 Å². The smallest absolute Gasteiger partial charge is 0.0387 e. The van der Waals surface area contributed by atoms with Gasteiger partial charge >= 0.3 is 0 Å². The third kappa shape index (κ3) is 3.46. The Morgan fingerprint density at radius 3 is 2.09 bits per heavy atom. The van der Waals surface area contributed by atoms with E-state index in [1.54, 1.807) is 0 Å². The van der Waals surface area contributed by atoms with Crippen molar-refractivity contribution in [2.45, 2.75) is 13.1 Å². The molecule has 0 aliphatic heterocycles. The molecule has 0 radical (unpaired) electrons. The van der Waals surface area contributed by atoms with Crippen LogP contribution in [0.15, 0.2) is 72.9 Å². The molecular weight excluding hydrogens is 268 g/mol. The fraction of sp³-hybridized carbons (Fsp3) is 0.200. The molecule has 0 aliphatic rings. The van der Waals surface area contributed by atoms with Gasteiger partial charge in [-0.25, -0.2) is 0 Å². The summed E-state index contributed by atoms with van der Waals surface area (Å²) in [5.41, 5.74) is 5.22. The van der Waals surface area contributed by atoms with E-state index in [2.05, 4.69) is 96.5 Å². The second-order valence-corrected chi connectivity index (χ2v) is 5.85. The van der Waals surface area contributed by atoms with Gasteiger partial charge in [-0.2, -0.15) is 0 Å². The van der Waals surface area contributed by atoms with Crippen LogP contribution < -0.4 is 0 Å². The summed E-state index contributed by atoms with van der Waals surface area (Å²) in [7, 11) is 4.26. The predicted molar refractivity (Wildman–Crippen MR) is 92.5 cm³/mol. The lowest BCUT2D eigenvalue weighted by molar-refractivity contribution is 0.311. The summed E-state index contributed by atoms with van der Waals surface area (Å²) in [5, 5.41) is 0. The minimum absolute atomic E-state index is 0.959. The number of hydrogen-bond donors (Lipinski definition) is 0. The van der Waals surface area contributed by atoms with Crippen molar-refractivity contribution in [1.82, 2.24) is 9.47 Å². The van der Waals surface area contributed by atoms with E-state index in [1.165, 1.54) is 22.4 Å². The van der Waals surface area contributed by atoms with Crippen LogP contribution in [0.2, 0.25) is 0 Å². The zero-order chi connectivity index (χ0) is 15.4. The van der Waals surface area contributed by atoms with Gasteiger partial charge in [0.05, 0.1) is 0 Å². The van der Waals surface area contributed by atoms with E-state index >= 15 is 0 Å². The highest BCUT2D eigenvalue weighted by atomic mass is 15.1. The molecule has 1 aromatic heterocycles. The summed E-state index contributed by atoms with van der Waals surface area (Å²) in [4.78, 5) is 2.34. The van der Waals surface area contributed by atoms with Gasteiger partial charge in [-0.15, -0.1) is 0 Å². The van der Waals surface area contributed by atoms with Gasteiger partial charge in [0.15, 0.2) is 0 Å². The molecule has 2 aromatic carbocycles. The van der Waals surface area contributed by atoms with E-state index in [4.69, 9.17) is 0 Å². The summed E-state index contributed by atoms with van der Waals surface area (Å²) < 4.78 is 2.18. The van der Waals surface area contributed by atoms with E-state index in [9.17, 15) is 0 Å². The molecule has 3 aromatic rings. The standard InChI is InChI=1S/C20H22N2/c1-21(16-20-9-6-14-22(20)2)15-17-10-12-19(13-11-17)18-7-4-3-5-8-18/h3-14H,15-16H2,1-2H3. The summed E-state index contributed by atoms with van der Waals surface area (Å²) in [6, 6.07) is 23.7. The summed E-state index contributed by atoms with van der Waals surface area (Å²) >= 11 is 0. The summed E-state index contributed by atoms with van der Waals surface area (Å²) in [6.07, 6.45) is 2.10. The molecule has 0 unspecified atom stereocenters. The summed E-state index contributed by atoms with van der Waals surface area (Å²) in [6.45, 7) is 1.92. The van der Waals surface area contributed by atoms with Gasteiger partial charge in [0.2, 0.25) is 0 Å². The molecule has 0 atom stereocenters. The molecule has 0 amide bonds. The molecule has 112 valence electrons. The molecule has 0 saturated heterocycles. The number of aryl methyl sites for hydroxylation is 1. The van der Waals surface area contributed by atoms with E-state index < -0.39 is 0 Å². The molecule has 0 aliphatic carbocycles. The lowest BCUT2D eigenvalue weighted by Gasteiger charge is -2.17. The average molecular weight is 290 g/mol. The van der Waals surface area contributed by atoms with Crippen molar-refractivity contribution in [3.05, 3.63) is 84.2 Å². The first-order valence-electron chi connectivity index (χ1n) is 7.65. The van der Waals surface area contributed by atoms with Crippen LogP contribution >= 0.6 is 0 Å². The zero-order valence-corrected chi connectivity index (χ0v) is 13.2. The highest BCUT2D eigenvalue weighted by molar-refractivity contribution is 5.63. The van der Waals surface area contributed by atoms with Gasteiger partial charge in [0, 0.05) is 32.0 Å². The Balaban J connectivity index is 1.65. The van der Waals surface area contributed by atoms with Gasteiger partial charge < -0.3 is 4.57 Å². The first-order valence-corrected chi connectivity index (χ1v) is 7.65. The van der Waals surface area contributed by atoms with Gasteiger partial charge in [0.1, 0.15) is 0 Å². The van der Waals surface area contributed by atoms with Crippen LogP contribution in [0.3, 0.4) is 0 Å². The molecule has 0 fully saturated rings. The number of nitrogens with zero attached hydrogens (tertiary/aromatic N) is 2. The quantitative estimate of drug-likeness (QED) is 0.679. The van der Waals surface area contributed by atoms with Gasteiger partial charge in [-0.1, -0.05) is 54.6 Å².